The zero-order chi connectivity index (χ0) is 16.6. The molecule has 4 nitrogen and oxygen atoms in total. The molecular weight excluding hydrogens is 315 g/mol. The molecule has 0 aliphatic rings. The van der Waals surface area contributed by atoms with Crippen molar-refractivity contribution >= 4 is 17.7 Å². The Kier molecular flexibility index (Phi) is 7.67. The van der Waals surface area contributed by atoms with E-state index in [-0.39, 0.29) is 11.7 Å². The first-order valence-electron chi connectivity index (χ1n) is 7.02. The highest BCUT2D eigenvalue weighted by Gasteiger charge is 2.30. The molecule has 0 fully saturated rings. The van der Waals surface area contributed by atoms with Gasteiger partial charge in [-0.3, -0.25) is 4.79 Å². The molecular formula is C14H20F3N3OS. The van der Waals surface area contributed by atoms with Crippen LogP contribution in [0.3, 0.4) is 0 Å². The number of pyridine rings is 1. The van der Waals surface area contributed by atoms with Gasteiger partial charge >= 0.3 is 6.18 Å². The Morgan fingerprint density at radius 3 is 2.50 bits per heavy atom. The molecule has 0 atom stereocenters. The standard InChI is InChI=1S/C14H20F3N3OS/c1-3-20(4-2)8-7-18-12(21)10-22-13-6-5-11(9-19-13)14(15,16)17/h5-6,9H,3-4,7-8,10H2,1-2H3,(H,18,21). The molecule has 1 amide bonds. The van der Waals surface area contributed by atoms with E-state index in [9.17, 15) is 18.0 Å². The van der Waals surface area contributed by atoms with Crippen molar-refractivity contribution in [2.75, 3.05) is 31.9 Å². The number of carbonyl (C=O) groups is 1. The van der Waals surface area contributed by atoms with E-state index in [2.05, 4.69) is 29.0 Å². The van der Waals surface area contributed by atoms with E-state index in [1.807, 2.05) is 0 Å². The molecule has 1 heterocycles. The number of carbonyl (C=O) groups excluding carboxylic acids is 1. The number of hydrogen-bond acceptors (Lipinski definition) is 4. The average molecular weight is 335 g/mol. The van der Waals surface area contributed by atoms with Crippen LogP contribution in [0.2, 0.25) is 0 Å². The Morgan fingerprint density at radius 1 is 1.32 bits per heavy atom. The SMILES string of the molecule is CCN(CC)CCNC(=O)CSc1ccc(C(F)(F)F)cn1. The molecule has 0 saturated carbocycles. The Hall–Kier alpha value is -1.28. The maximum atomic E-state index is 12.4. The van der Waals surface area contributed by atoms with E-state index in [4.69, 9.17) is 0 Å². The van der Waals surface area contributed by atoms with Gasteiger partial charge in [0.1, 0.15) is 0 Å². The minimum absolute atomic E-state index is 0.136. The minimum Gasteiger partial charge on any atom is -0.354 e. The molecule has 0 aromatic carbocycles. The number of rotatable bonds is 8. The lowest BCUT2D eigenvalue weighted by Gasteiger charge is -2.17. The van der Waals surface area contributed by atoms with Gasteiger partial charge in [-0.05, 0) is 25.2 Å². The molecule has 0 spiro atoms. The first-order valence-corrected chi connectivity index (χ1v) is 8.00. The predicted octanol–water partition coefficient (Wildman–Crippen LogP) is 2.65. The maximum Gasteiger partial charge on any atom is 0.417 e. The van der Waals surface area contributed by atoms with Gasteiger partial charge in [-0.15, -0.1) is 0 Å². The number of halogens is 3. The van der Waals surface area contributed by atoms with Crippen molar-refractivity contribution in [3.05, 3.63) is 23.9 Å². The van der Waals surface area contributed by atoms with Crippen molar-refractivity contribution in [1.82, 2.24) is 15.2 Å². The Labute approximate surface area is 132 Å². The monoisotopic (exact) mass is 335 g/mol. The third kappa shape index (κ3) is 6.65. The summed E-state index contributed by atoms with van der Waals surface area (Å²) in [4.78, 5) is 17.5. The summed E-state index contributed by atoms with van der Waals surface area (Å²) in [5.41, 5.74) is -0.791. The maximum absolute atomic E-state index is 12.4. The highest BCUT2D eigenvalue weighted by atomic mass is 32.2. The van der Waals surface area contributed by atoms with Crippen LogP contribution in [0, 0.1) is 0 Å². The van der Waals surface area contributed by atoms with Gasteiger partial charge in [-0.25, -0.2) is 4.98 Å². The molecule has 1 aromatic heterocycles. The van der Waals surface area contributed by atoms with Crippen LogP contribution in [-0.2, 0) is 11.0 Å². The van der Waals surface area contributed by atoms with Crippen LogP contribution in [0.5, 0.6) is 0 Å². The van der Waals surface area contributed by atoms with Crippen LogP contribution in [0.25, 0.3) is 0 Å². The van der Waals surface area contributed by atoms with E-state index < -0.39 is 11.7 Å². The van der Waals surface area contributed by atoms with Crippen LogP contribution in [-0.4, -0.2) is 47.7 Å². The summed E-state index contributed by atoms with van der Waals surface area (Å²) in [5.74, 6) is -0.0183. The quantitative estimate of drug-likeness (QED) is 0.742. The smallest absolute Gasteiger partial charge is 0.354 e. The summed E-state index contributed by atoms with van der Waals surface area (Å²) in [7, 11) is 0. The van der Waals surface area contributed by atoms with Gasteiger partial charge in [0.05, 0.1) is 16.3 Å². The van der Waals surface area contributed by atoms with Crippen LogP contribution in [0.1, 0.15) is 19.4 Å². The summed E-state index contributed by atoms with van der Waals surface area (Å²) in [6, 6.07) is 2.24. The van der Waals surface area contributed by atoms with E-state index in [0.717, 1.165) is 43.7 Å². The molecule has 0 bridgehead atoms. The van der Waals surface area contributed by atoms with Gasteiger partial charge in [0, 0.05) is 19.3 Å². The summed E-state index contributed by atoms with van der Waals surface area (Å²) in [5, 5.41) is 3.17. The number of hydrogen-bond donors (Lipinski definition) is 1. The third-order valence-electron chi connectivity index (χ3n) is 3.06. The number of amides is 1. The number of alkyl halides is 3. The van der Waals surface area contributed by atoms with Gasteiger partial charge in [-0.1, -0.05) is 25.6 Å². The fourth-order valence-corrected chi connectivity index (χ4v) is 2.39. The van der Waals surface area contributed by atoms with Gasteiger partial charge < -0.3 is 10.2 Å². The van der Waals surface area contributed by atoms with E-state index in [1.165, 1.54) is 6.07 Å². The second-order valence-corrected chi connectivity index (χ2v) is 5.54. The lowest BCUT2D eigenvalue weighted by atomic mass is 10.3. The molecule has 0 saturated heterocycles. The van der Waals surface area contributed by atoms with Crippen LogP contribution < -0.4 is 5.32 Å². The minimum atomic E-state index is -4.39. The summed E-state index contributed by atoms with van der Waals surface area (Å²) in [6.45, 7) is 7.30. The number of aromatic nitrogens is 1. The van der Waals surface area contributed by atoms with Crippen molar-refractivity contribution in [3.63, 3.8) is 0 Å². The van der Waals surface area contributed by atoms with Gasteiger partial charge in [0.2, 0.25) is 5.91 Å². The van der Waals surface area contributed by atoms with Crippen molar-refractivity contribution in [3.8, 4) is 0 Å². The molecule has 1 rings (SSSR count). The van der Waals surface area contributed by atoms with Crippen molar-refractivity contribution < 1.29 is 18.0 Å². The predicted molar refractivity (Wildman–Crippen MR) is 80.8 cm³/mol. The fourth-order valence-electron chi connectivity index (χ4n) is 1.72. The molecule has 124 valence electrons. The highest BCUT2D eigenvalue weighted by molar-refractivity contribution is 7.99. The van der Waals surface area contributed by atoms with Gasteiger partial charge in [0.25, 0.3) is 0 Å². The Morgan fingerprint density at radius 2 is 2.00 bits per heavy atom. The molecule has 0 unspecified atom stereocenters. The van der Waals surface area contributed by atoms with Crippen LogP contribution in [0.15, 0.2) is 23.4 Å². The van der Waals surface area contributed by atoms with Gasteiger partial charge in [0.15, 0.2) is 0 Å². The molecule has 1 aromatic rings. The lowest BCUT2D eigenvalue weighted by Crippen LogP contribution is -2.35. The van der Waals surface area contributed by atoms with Crippen LogP contribution in [0.4, 0.5) is 13.2 Å². The molecule has 0 aliphatic heterocycles. The fraction of sp³-hybridized carbons (Fsp3) is 0.571. The average Bonchev–Trinajstić information content (AvgIpc) is 2.49. The van der Waals surface area contributed by atoms with E-state index in [0.29, 0.717) is 11.6 Å². The number of likely N-dealkylation sites (N-methyl/N-ethyl adjacent to an activating group) is 1. The Bertz CT molecular complexity index is 461. The molecule has 0 aliphatic carbocycles. The van der Waals surface area contributed by atoms with Crippen molar-refractivity contribution in [2.24, 2.45) is 0 Å². The van der Waals surface area contributed by atoms with E-state index >= 15 is 0 Å². The van der Waals surface area contributed by atoms with E-state index in [1.54, 1.807) is 0 Å². The van der Waals surface area contributed by atoms with Gasteiger partial charge in [-0.2, -0.15) is 13.2 Å². The number of thioether (sulfide) groups is 1. The zero-order valence-electron chi connectivity index (χ0n) is 12.6. The van der Waals surface area contributed by atoms with Crippen LogP contribution >= 0.6 is 11.8 Å². The third-order valence-corrected chi connectivity index (χ3v) is 4.00. The Balaban J connectivity index is 2.32. The molecule has 1 N–H and O–H groups in total. The van der Waals surface area contributed by atoms with Crippen molar-refractivity contribution in [2.45, 2.75) is 25.0 Å². The number of nitrogens with zero attached hydrogens (tertiary/aromatic N) is 2. The first-order chi connectivity index (χ1) is 10.4. The molecule has 22 heavy (non-hydrogen) atoms. The normalized spacial score (nSPS) is 11.7. The molecule has 8 heteroatoms. The highest BCUT2D eigenvalue weighted by Crippen LogP contribution is 2.29. The second-order valence-electron chi connectivity index (χ2n) is 4.55. The zero-order valence-corrected chi connectivity index (χ0v) is 13.4. The molecule has 0 radical (unpaired) electrons. The number of nitrogens with one attached hydrogen (secondary N) is 1. The first kappa shape index (κ1) is 18.8. The largest absolute Gasteiger partial charge is 0.417 e. The lowest BCUT2D eigenvalue weighted by molar-refractivity contribution is -0.137. The topological polar surface area (TPSA) is 45.2 Å². The van der Waals surface area contributed by atoms with Crippen molar-refractivity contribution in [1.29, 1.82) is 0 Å². The summed E-state index contributed by atoms with van der Waals surface area (Å²) >= 11 is 1.11. The summed E-state index contributed by atoms with van der Waals surface area (Å²) in [6.07, 6.45) is -3.61. The second kappa shape index (κ2) is 8.99. The summed E-state index contributed by atoms with van der Waals surface area (Å²) < 4.78 is 37.1.